The van der Waals surface area contributed by atoms with Crippen LogP contribution in [0.1, 0.15) is 18.4 Å². The third-order valence-electron chi connectivity index (χ3n) is 3.68. The van der Waals surface area contributed by atoms with Gasteiger partial charge in [0.05, 0.1) is 26.2 Å². The lowest BCUT2D eigenvalue weighted by atomic mass is 9.98. The Balaban J connectivity index is 2.14. The molecule has 1 aliphatic rings. The molecule has 1 aliphatic heterocycles. The number of nitrogens with zero attached hydrogens (tertiary/aromatic N) is 1. The van der Waals surface area contributed by atoms with Crippen LogP contribution in [0, 0.1) is 0 Å². The molecule has 1 aromatic carbocycles. The summed E-state index contributed by atoms with van der Waals surface area (Å²) >= 11 is 0. The van der Waals surface area contributed by atoms with Gasteiger partial charge in [-0.3, -0.25) is 4.79 Å². The quantitative estimate of drug-likeness (QED) is 0.900. The lowest BCUT2D eigenvalue weighted by Gasteiger charge is -2.34. The number of benzene rings is 1. The van der Waals surface area contributed by atoms with E-state index in [9.17, 15) is 14.7 Å². The molecular weight excluding hydrogens is 274 g/mol. The smallest absolute Gasteiger partial charge is 0.328 e. The van der Waals surface area contributed by atoms with E-state index < -0.39 is 17.9 Å². The molecule has 6 heteroatoms. The van der Waals surface area contributed by atoms with Crippen LogP contribution in [0.15, 0.2) is 24.3 Å². The molecule has 2 atom stereocenters. The standard InChI is InChI=1S/C15H19NO5/c1-10(11-3-5-12(20-2)6-4-11)14(17)16-7-8-21-9-13(16)15(18)19/h3-6,10,13H,7-9H2,1-2H3,(H,18,19)/t10-,13+/m1/s1. The van der Waals surface area contributed by atoms with Gasteiger partial charge in [0.1, 0.15) is 5.75 Å². The first-order valence-electron chi connectivity index (χ1n) is 6.79. The zero-order valence-electron chi connectivity index (χ0n) is 12.1. The van der Waals surface area contributed by atoms with Gasteiger partial charge in [-0.05, 0) is 24.6 Å². The molecule has 2 rings (SSSR count). The van der Waals surface area contributed by atoms with Gasteiger partial charge < -0.3 is 19.5 Å². The third-order valence-corrected chi connectivity index (χ3v) is 3.68. The van der Waals surface area contributed by atoms with Crippen LogP contribution in [0.5, 0.6) is 5.75 Å². The van der Waals surface area contributed by atoms with E-state index in [0.29, 0.717) is 18.9 Å². The Labute approximate surface area is 123 Å². The monoisotopic (exact) mass is 293 g/mol. The average molecular weight is 293 g/mol. The van der Waals surface area contributed by atoms with Crippen molar-refractivity contribution in [2.45, 2.75) is 18.9 Å². The molecule has 0 bridgehead atoms. The van der Waals surface area contributed by atoms with Crippen molar-refractivity contribution < 1.29 is 24.2 Å². The minimum atomic E-state index is -1.04. The SMILES string of the molecule is COc1ccc([C@@H](C)C(=O)N2CCOC[C@H]2C(=O)O)cc1. The highest BCUT2D eigenvalue weighted by Gasteiger charge is 2.35. The largest absolute Gasteiger partial charge is 0.497 e. The predicted octanol–water partition coefficient (Wildman–Crippen LogP) is 1.11. The molecule has 0 spiro atoms. The van der Waals surface area contributed by atoms with Crippen LogP contribution in [-0.4, -0.2) is 54.8 Å². The van der Waals surface area contributed by atoms with Crippen LogP contribution < -0.4 is 4.74 Å². The van der Waals surface area contributed by atoms with Gasteiger partial charge in [0, 0.05) is 6.54 Å². The molecule has 0 aliphatic carbocycles. The first kappa shape index (κ1) is 15.3. The van der Waals surface area contributed by atoms with Gasteiger partial charge in [-0.15, -0.1) is 0 Å². The zero-order chi connectivity index (χ0) is 15.4. The van der Waals surface area contributed by atoms with Crippen molar-refractivity contribution in [3.8, 4) is 5.75 Å². The molecule has 0 radical (unpaired) electrons. The molecule has 0 saturated carbocycles. The fourth-order valence-electron chi connectivity index (χ4n) is 2.36. The highest BCUT2D eigenvalue weighted by atomic mass is 16.5. The van der Waals surface area contributed by atoms with Crippen molar-refractivity contribution in [1.82, 2.24) is 4.90 Å². The van der Waals surface area contributed by atoms with Crippen LogP contribution in [0.2, 0.25) is 0 Å². The minimum Gasteiger partial charge on any atom is -0.497 e. The van der Waals surface area contributed by atoms with Crippen molar-refractivity contribution >= 4 is 11.9 Å². The number of amides is 1. The summed E-state index contributed by atoms with van der Waals surface area (Å²) in [4.78, 5) is 25.2. The van der Waals surface area contributed by atoms with Crippen LogP contribution in [0.3, 0.4) is 0 Å². The van der Waals surface area contributed by atoms with E-state index in [1.54, 1.807) is 26.2 Å². The maximum Gasteiger partial charge on any atom is 0.328 e. The van der Waals surface area contributed by atoms with Crippen LogP contribution in [0.4, 0.5) is 0 Å². The number of morpholine rings is 1. The fourth-order valence-corrected chi connectivity index (χ4v) is 2.36. The molecule has 1 aromatic rings. The van der Waals surface area contributed by atoms with Gasteiger partial charge >= 0.3 is 5.97 Å². The Bertz CT molecular complexity index is 513. The summed E-state index contributed by atoms with van der Waals surface area (Å²) < 4.78 is 10.2. The predicted molar refractivity (Wildman–Crippen MR) is 75.4 cm³/mol. The summed E-state index contributed by atoms with van der Waals surface area (Å²) in [5, 5.41) is 9.19. The molecule has 0 aromatic heterocycles. The van der Waals surface area contributed by atoms with Crippen LogP contribution in [0.25, 0.3) is 0 Å². The number of carbonyl (C=O) groups excluding carboxylic acids is 1. The Morgan fingerprint density at radius 1 is 1.38 bits per heavy atom. The molecular formula is C15H19NO5. The second-order valence-electron chi connectivity index (χ2n) is 4.96. The minimum absolute atomic E-state index is 0.0381. The van der Waals surface area contributed by atoms with Crippen molar-refractivity contribution in [1.29, 1.82) is 0 Å². The maximum atomic E-state index is 12.5. The molecule has 114 valence electrons. The molecule has 6 nitrogen and oxygen atoms in total. The van der Waals surface area contributed by atoms with E-state index in [4.69, 9.17) is 9.47 Å². The summed E-state index contributed by atoms with van der Waals surface area (Å²) in [6, 6.07) is 6.29. The van der Waals surface area contributed by atoms with Gasteiger partial charge in [0.25, 0.3) is 0 Å². The number of carboxylic acids is 1. The van der Waals surface area contributed by atoms with E-state index in [0.717, 1.165) is 5.56 Å². The second kappa shape index (κ2) is 6.58. The van der Waals surface area contributed by atoms with E-state index in [1.807, 2.05) is 12.1 Å². The normalized spacial score (nSPS) is 19.9. The molecule has 1 amide bonds. The first-order chi connectivity index (χ1) is 10.0. The second-order valence-corrected chi connectivity index (χ2v) is 4.96. The number of carboxylic acid groups (broad SMARTS) is 1. The Hall–Kier alpha value is -2.08. The van der Waals surface area contributed by atoms with E-state index in [2.05, 4.69) is 0 Å². The van der Waals surface area contributed by atoms with Crippen molar-refractivity contribution in [3.63, 3.8) is 0 Å². The third kappa shape index (κ3) is 3.33. The number of hydrogen-bond donors (Lipinski definition) is 1. The molecule has 1 N–H and O–H groups in total. The number of methoxy groups -OCH3 is 1. The molecule has 21 heavy (non-hydrogen) atoms. The summed E-state index contributed by atoms with van der Waals surface area (Å²) in [6.07, 6.45) is 0. The number of ether oxygens (including phenoxy) is 2. The van der Waals surface area contributed by atoms with Gasteiger partial charge in [0.2, 0.25) is 5.91 Å². The Morgan fingerprint density at radius 2 is 2.05 bits per heavy atom. The first-order valence-corrected chi connectivity index (χ1v) is 6.79. The van der Waals surface area contributed by atoms with E-state index in [-0.39, 0.29) is 12.5 Å². The molecule has 1 fully saturated rings. The number of rotatable bonds is 4. The van der Waals surface area contributed by atoms with Crippen molar-refractivity contribution in [2.75, 3.05) is 26.9 Å². The fraction of sp³-hybridized carbons (Fsp3) is 0.467. The highest BCUT2D eigenvalue weighted by molar-refractivity contribution is 5.88. The summed E-state index contributed by atoms with van der Waals surface area (Å²) in [7, 11) is 1.58. The molecule has 0 unspecified atom stereocenters. The lowest BCUT2D eigenvalue weighted by molar-refractivity contribution is -0.158. The van der Waals surface area contributed by atoms with Gasteiger partial charge in [-0.25, -0.2) is 4.79 Å². The van der Waals surface area contributed by atoms with Gasteiger partial charge in [-0.2, -0.15) is 0 Å². The Morgan fingerprint density at radius 3 is 2.62 bits per heavy atom. The molecule has 1 saturated heterocycles. The zero-order valence-corrected chi connectivity index (χ0v) is 12.1. The van der Waals surface area contributed by atoms with Gasteiger partial charge in [0.15, 0.2) is 6.04 Å². The van der Waals surface area contributed by atoms with Crippen molar-refractivity contribution in [2.24, 2.45) is 0 Å². The van der Waals surface area contributed by atoms with Crippen LogP contribution in [-0.2, 0) is 14.3 Å². The number of carbonyl (C=O) groups is 2. The molecule has 1 heterocycles. The Kier molecular flexibility index (Phi) is 4.80. The summed E-state index contributed by atoms with van der Waals surface area (Å²) in [6.45, 7) is 2.48. The number of hydrogen-bond acceptors (Lipinski definition) is 4. The topological polar surface area (TPSA) is 76.1 Å². The summed E-state index contributed by atoms with van der Waals surface area (Å²) in [5.74, 6) is -0.926. The van der Waals surface area contributed by atoms with Crippen molar-refractivity contribution in [3.05, 3.63) is 29.8 Å². The maximum absolute atomic E-state index is 12.5. The average Bonchev–Trinajstić information content (AvgIpc) is 2.53. The van der Waals surface area contributed by atoms with E-state index >= 15 is 0 Å². The van der Waals surface area contributed by atoms with Gasteiger partial charge in [-0.1, -0.05) is 12.1 Å². The number of aliphatic carboxylic acids is 1. The van der Waals surface area contributed by atoms with E-state index in [1.165, 1.54) is 4.90 Å². The summed E-state index contributed by atoms with van der Waals surface area (Å²) in [5.41, 5.74) is 0.830. The highest BCUT2D eigenvalue weighted by Crippen LogP contribution is 2.23. The lowest BCUT2D eigenvalue weighted by Crippen LogP contribution is -2.53. The van der Waals surface area contributed by atoms with Crippen LogP contribution >= 0.6 is 0 Å².